The monoisotopic (exact) mass is 434 g/mol. The first-order chi connectivity index (χ1) is 14.7. The van der Waals surface area contributed by atoms with E-state index in [1.165, 1.54) is 31.5 Å². The molecule has 0 radical (unpaired) electrons. The van der Waals surface area contributed by atoms with E-state index in [4.69, 9.17) is 20.9 Å². The largest absolute Gasteiger partial charge is 0.495 e. The van der Waals surface area contributed by atoms with Crippen molar-refractivity contribution in [3.63, 3.8) is 0 Å². The summed E-state index contributed by atoms with van der Waals surface area (Å²) in [6, 6.07) is 5.70. The van der Waals surface area contributed by atoms with Crippen molar-refractivity contribution >= 4 is 11.7 Å². The van der Waals surface area contributed by atoms with Crippen LogP contribution in [-0.2, 0) is 10.3 Å². The number of hydrogen-bond donors (Lipinski definition) is 2. The van der Waals surface area contributed by atoms with Crippen molar-refractivity contribution in [3.05, 3.63) is 47.5 Å². The number of hydrogen-bond acceptors (Lipinski definition) is 6. The first kappa shape index (κ1) is 21.1. The first-order valence-corrected chi connectivity index (χ1v) is 9.57. The molecule has 4 N–H and O–H groups in total. The van der Waals surface area contributed by atoms with E-state index in [-0.39, 0.29) is 30.9 Å². The quantitative estimate of drug-likeness (QED) is 0.750. The summed E-state index contributed by atoms with van der Waals surface area (Å²) in [5, 5.41) is 0. The van der Waals surface area contributed by atoms with Crippen molar-refractivity contribution in [3.8, 4) is 16.9 Å². The van der Waals surface area contributed by atoms with Crippen molar-refractivity contribution in [1.29, 1.82) is 0 Å². The van der Waals surface area contributed by atoms with Crippen molar-refractivity contribution in [1.82, 2.24) is 4.98 Å². The Morgan fingerprint density at radius 1 is 1.39 bits per heavy atom. The van der Waals surface area contributed by atoms with Crippen LogP contribution in [0.5, 0.6) is 5.75 Å². The smallest absolute Gasteiger partial charge is 0.267 e. The number of benzene rings is 1. The van der Waals surface area contributed by atoms with E-state index in [0.717, 1.165) is 0 Å². The molecule has 1 fully saturated rings. The van der Waals surface area contributed by atoms with Gasteiger partial charge in [-0.25, -0.2) is 18.2 Å². The number of nitrogens with two attached hydrogens (primary N) is 2. The van der Waals surface area contributed by atoms with Gasteiger partial charge in [-0.1, -0.05) is 6.07 Å². The number of ether oxygens (including phenoxy) is 2. The lowest BCUT2D eigenvalue weighted by molar-refractivity contribution is 0.0996. The van der Waals surface area contributed by atoms with Gasteiger partial charge >= 0.3 is 0 Å². The van der Waals surface area contributed by atoms with Crippen LogP contribution in [0.3, 0.4) is 0 Å². The zero-order chi connectivity index (χ0) is 22.4. The Bertz CT molecular complexity index is 1080. The minimum atomic E-state index is -2.41. The first-order valence-electron chi connectivity index (χ1n) is 9.57. The fourth-order valence-electron chi connectivity index (χ4n) is 4.25. The number of amides is 1. The Morgan fingerprint density at radius 2 is 2.16 bits per heavy atom. The fourth-order valence-corrected chi connectivity index (χ4v) is 4.25. The summed E-state index contributed by atoms with van der Waals surface area (Å²) in [5.41, 5.74) is 8.33. The molecule has 3 heterocycles. The van der Waals surface area contributed by atoms with Crippen molar-refractivity contribution in [2.24, 2.45) is 22.4 Å². The maximum atomic E-state index is 15.0. The number of pyridine rings is 1. The molecule has 164 valence electrons. The summed E-state index contributed by atoms with van der Waals surface area (Å²) in [6.07, 6.45) is 1.06. The van der Waals surface area contributed by atoms with E-state index in [0.29, 0.717) is 16.9 Å². The van der Waals surface area contributed by atoms with Crippen LogP contribution in [0.1, 0.15) is 22.5 Å². The van der Waals surface area contributed by atoms with Crippen molar-refractivity contribution in [2.75, 3.05) is 27.0 Å². The number of methoxy groups -OCH3 is 1. The average Bonchev–Trinajstić information content (AvgIpc) is 3.16. The number of carbonyl (C=O) groups excluding carboxylic acids is 1. The summed E-state index contributed by atoms with van der Waals surface area (Å²) < 4.78 is 53.9. The van der Waals surface area contributed by atoms with E-state index in [9.17, 15) is 13.6 Å². The van der Waals surface area contributed by atoms with Gasteiger partial charge < -0.3 is 20.9 Å². The normalized spacial score (nSPS) is 27.5. The van der Waals surface area contributed by atoms with Crippen LogP contribution in [0.15, 0.2) is 35.5 Å². The van der Waals surface area contributed by atoms with E-state index in [1.807, 2.05) is 0 Å². The molecule has 4 rings (SSSR count). The highest BCUT2D eigenvalue weighted by Gasteiger charge is 2.56. The number of aliphatic imine (C=N–C) groups is 1. The highest BCUT2D eigenvalue weighted by atomic mass is 19.2. The van der Waals surface area contributed by atoms with Gasteiger partial charge in [-0.15, -0.1) is 0 Å². The number of carbonyl (C=O) groups is 1. The molecule has 3 atom stereocenters. The van der Waals surface area contributed by atoms with Gasteiger partial charge in [-0.05, 0) is 30.2 Å². The Labute approximate surface area is 176 Å². The Kier molecular flexibility index (Phi) is 5.12. The highest BCUT2D eigenvalue weighted by molar-refractivity contribution is 5.98. The Hall–Kier alpha value is -3.14. The minimum absolute atomic E-state index is 0.0260. The molecule has 10 heteroatoms. The molecule has 0 bridgehead atoms. The summed E-state index contributed by atoms with van der Waals surface area (Å²) in [4.78, 5) is 20.2. The molecule has 0 spiro atoms. The molecular formula is C21H21F3N4O3. The second kappa shape index (κ2) is 7.52. The zero-order valence-electron chi connectivity index (χ0n) is 16.7. The summed E-state index contributed by atoms with van der Waals surface area (Å²) >= 11 is 0. The number of nitrogens with zero attached hydrogens (tertiary/aromatic N) is 2. The zero-order valence-corrected chi connectivity index (χ0v) is 16.7. The molecule has 2 aliphatic rings. The molecule has 2 aromatic rings. The third-order valence-electron chi connectivity index (χ3n) is 5.95. The standard InChI is InChI=1S/C21H21F3N4O3/c1-30-13-5-14(17(18(25)29)27-7-13)11-2-3-16(23)15(4-11)21-10-31-8-12(21)6-20(24,9-22)19(26)28-21/h2-5,7,12H,6,8-10H2,1H3,(H2,25,29)(H2,26,28)/t12?,20?,21-/m0/s1. The van der Waals surface area contributed by atoms with Crippen LogP contribution >= 0.6 is 0 Å². The number of aromatic nitrogens is 1. The molecule has 31 heavy (non-hydrogen) atoms. The van der Waals surface area contributed by atoms with Crippen LogP contribution in [-0.4, -0.2) is 49.4 Å². The number of amidine groups is 1. The number of alkyl halides is 2. The number of fused-ring (bicyclic) bond motifs is 1. The van der Waals surface area contributed by atoms with Crippen LogP contribution in [0.2, 0.25) is 0 Å². The predicted octanol–water partition coefficient (Wildman–Crippen LogP) is 2.28. The van der Waals surface area contributed by atoms with E-state index in [1.54, 1.807) is 6.07 Å². The lowest BCUT2D eigenvalue weighted by Gasteiger charge is -2.40. The predicted molar refractivity (Wildman–Crippen MR) is 107 cm³/mol. The number of rotatable bonds is 5. The fraction of sp³-hybridized carbons (Fsp3) is 0.381. The van der Waals surface area contributed by atoms with Gasteiger partial charge in [0, 0.05) is 17.0 Å². The second-order valence-corrected chi connectivity index (χ2v) is 7.77. The number of halogens is 3. The van der Waals surface area contributed by atoms with Crippen LogP contribution in [0.25, 0.3) is 11.1 Å². The second-order valence-electron chi connectivity index (χ2n) is 7.77. The third-order valence-corrected chi connectivity index (χ3v) is 5.95. The van der Waals surface area contributed by atoms with Crippen molar-refractivity contribution < 1.29 is 27.4 Å². The highest BCUT2D eigenvalue weighted by Crippen LogP contribution is 2.49. The topological polar surface area (TPSA) is 113 Å². The summed E-state index contributed by atoms with van der Waals surface area (Å²) in [7, 11) is 1.44. The Balaban J connectivity index is 1.90. The molecule has 2 aliphatic heterocycles. The van der Waals surface area contributed by atoms with Gasteiger partial charge in [0.15, 0.2) is 5.67 Å². The summed E-state index contributed by atoms with van der Waals surface area (Å²) in [5.74, 6) is -2.16. The van der Waals surface area contributed by atoms with Gasteiger partial charge in [-0.2, -0.15) is 0 Å². The van der Waals surface area contributed by atoms with Crippen LogP contribution in [0, 0.1) is 11.7 Å². The van der Waals surface area contributed by atoms with Crippen LogP contribution < -0.4 is 16.2 Å². The third kappa shape index (κ3) is 3.31. The molecule has 1 amide bonds. The van der Waals surface area contributed by atoms with E-state index in [2.05, 4.69) is 9.98 Å². The van der Waals surface area contributed by atoms with Gasteiger partial charge in [0.2, 0.25) is 0 Å². The molecule has 1 aromatic heterocycles. The van der Waals surface area contributed by atoms with Crippen molar-refractivity contribution in [2.45, 2.75) is 17.6 Å². The average molecular weight is 434 g/mol. The molecule has 1 saturated heterocycles. The Morgan fingerprint density at radius 3 is 2.84 bits per heavy atom. The van der Waals surface area contributed by atoms with E-state index >= 15 is 4.39 Å². The SMILES string of the molecule is COc1cnc(C(N)=O)c(-c2ccc(F)c([C@]34COCC3CC(F)(CF)C(N)=N4)c2)c1. The molecular weight excluding hydrogens is 413 g/mol. The van der Waals surface area contributed by atoms with Gasteiger partial charge in [0.05, 0.1) is 26.5 Å². The maximum absolute atomic E-state index is 15.0. The molecule has 0 saturated carbocycles. The van der Waals surface area contributed by atoms with Gasteiger partial charge in [0.1, 0.15) is 35.3 Å². The number of primary amides is 1. The van der Waals surface area contributed by atoms with Gasteiger partial charge in [0.25, 0.3) is 5.91 Å². The molecule has 7 nitrogen and oxygen atoms in total. The van der Waals surface area contributed by atoms with E-state index < -0.39 is 41.4 Å². The molecule has 1 aromatic carbocycles. The minimum Gasteiger partial charge on any atom is -0.495 e. The maximum Gasteiger partial charge on any atom is 0.267 e. The van der Waals surface area contributed by atoms with Crippen LogP contribution in [0.4, 0.5) is 13.2 Å². The summed E-state index contributed by atoms with van der Waals surface area (Å²) in [6.45, 7) is -1.28. The molecule has 0 aliphatic carbocycles. The lowest BCUT2D eigenvalue weighted by Crippen LogP contribution is -2.53. The lowest BCUT2D eigenvalue weighted by atomic mass is 9.72. The van der Waals surface area contributed by atoms with Gasteiger partial charge in [-0.3, -0.25) is 9.79 Å². The molecule has 2 unspecified atom stereocenters.